The molecule has 216 valence electrons. The first-order valence-corrected chi connectivity index (χ1v) is 13.7. The largest absolute Gasteiger partial charge is 0.444 e. The Bertz CT molecular complexity index is 1730. The van der Waals surface area contributed by atoms with Gasteiger partial charge in [-0.1, -0.05) is 11.6 Å². The molecule has 1 atom stereocenters. The van der Waals surface area contributed by atoms with Crippen LogP contribution in [0.1, 0.15) is 37.5 Å². The number of ether oxygens (including phenoxy) is 2. The molecule has 11 nitrogen and oxygen atoms in total. The molecule has 4 heterocycles. The number of carbonyl (C=O) groups excluding carboxylic acids is 1. The van der Waals surface area contributed by atoms with Gasteiger partial charge in [-0.05, 0) is 62.6 Å². The maximum atomic E-state index is 12.7. The number of fused-ring (bicyclic) bond motifs is 1. The standard InChI is InChI=1S/C29H33ClN6O5/c1-18-10-20(30)12-23(22(18)13-21-16-34(8-9-40-21)28(39)41-29(2,3)4)26-24-11-19(15-36(24)32-17-31-26)14-35-25(37)6-7-33(5)27(35)38/h6-7,10-12,15,17,21H,8-9,13-14,16H2,1-5H3/t21-/m1/s1. The fraction of sp³-hybridized carbons (Fsp3) is 0.414. The van der Waals surface area contributed by atoms with Gasteiger partial charge in [-0.2, -0.15) is 5.10 Å². The number of aryl methyl sites for hydroxylation is 2. The molecule has 5 rings (SSSR count). The Labute approximate surface area is 241 Å². The molecule has 1 aliphatic rings. The molecule has 0 radical (unpaired) electrons. The van der Waals surface area contributed by atoms with Gasteiger partial charge in [-0.3, -0.25) is 9.36 Å². The normalized spacial score (nSPS) is 15.9. The minimum Gasteiger partial charge on any atom is -0.444 e. The first-order chi connectivity index (χ1) is 19.4. The molecule has 12 heteroatoms. The van der Waals surface area contributed by atoms with E-state index in [1.165, 1.54) is 27.7 Å². The maximum Gasteiger partial charge on any atom is 0.410 e. The molecule has 1 fully saturated rings. The highest BCUT2D eigenvalue weighted by molar-refractivity contribution is 6.31. The topological polar surface area (TPSA) is 113 Å². The lowest BCUT2D eigenvalue weighted by Gasteiger charge is -2.34. The van der Waals surface area contributed by atoms with E-state index in [4.69, 9.17) is 21.1 Å². The molecule has 0 aliphatic carbocycles. The molecule has 4 aromatic rings. The summed E-state index contributed by atoms with van der Waals surface area (Å²) in [7, 11) is 1.60. The van der Waals surface area contributed by atoms with Gasteiger partial charge in [0.25, 0.3) is 5.56 Å². The van der Waals surface area contributed by atoms with Crippen LogP contribution in [0.15, 0.2) is 52.6 Å². The first kappa shape index (κ1) is 28.6. The quantitative estimate of drug-likeness (QED) is 0.355. The molecule has 0 spiro atoms. The highest BCUT2D eigenvalue weighted by Crippen LogP contribution is 2.33. The van der Waals surface area contributed by atoms with Gasteiger partial charge in [0.1, 0.15) is 11.9 Å². The molecule has 0 saturated carbocycles. The number of aromatic nitrogens is 5. The Morgan fingerprint density at radius 1 is 1.22 bits per heavy atom. The van der Waals surface area contributed by atoms with E-state index >= 15 is 0 Å². The predicted octanol–water partition coefficient (Wildman–Crippen LogP) is 3.45. The number of rotatable bonds is 5. The fourth-order valence-electron chi connectivity index (χ4n) is 5.04. The molecule has 0 N–H and O–H groups in total. The molecule has 1 aromatic carbocycles. The zero-order valence-electron chi connectivity index (χ0n) is 23.8. The Hall–Kier alpha value is -3.96. The summed E-state index contributed by atoms with van der Waals surface area (Å²) in [6.45, 7) is 8.88. The molecule has 41 heavy (non-hydrogen) atoms. The first-order valence-electron chi connectivity index (χ1n) is 13.4. The Morgan fingerprint density at radius 2 is 2.00 bits per heavy atom. The number of hydrogen-bond donors (Lipinski definition) is 0. The van der Waals surface area contributed by atoms with Crippen LogP contribution in [0.5, 0.6) is 0 Å². The van der Waals surface area contributed by atoms with E-state index in [2.05, 4.69) is 10.1 Å². The van der Waals surface area contributed by atoms with E-state index in [-0.39, 0.29) is 24.3 Å². The Morgan fingerprint density at radius 3 is 2.76 bits per heavy atom. The van der Waals surface area contributed by atoms with Gasteiger partial charge >= 0.3 is 11.8 Å². The van der Waals surface area contributed by atoms with E-state index in [1.807, 2.05) is 45.9 Å². The number of hydrogen-bond acceptors (Lipinski definition) is 7. The summed E-state index contributed by atoms with van der Waals surface area (Å²) in [6, 6.07) is 7.00. The van der Waals surface area contributed by atoms with Crippen LogP contribution in [-0.2, 0) is 29.5 Å². The third kappa shape index (κ3) is 6.20. The SMILES string of the molecule is Cc1cc(Cl)cc(-c2ncnn3cc(Cn4c(=O)ccn(C)c4=O)cc23)c1C[C@@H]1CN(C(=O)OC(C)(C)C)CCO1. The number of benzene rings is 1. The second-order valence-corrected chi connectivity index (χ2v) is 11.7. The highest BCUT2D eigenvalue weighted by Gasteiger charge is 2.29. The summed E-state index contributed by atoms with van der Waals surface area (Å²) >= 11 is 6.53. The van der Waals surface area contributed by atoms with Crippen molar-refractivity contribution < 1.29 is 14.3 Å². The van der Waals surface area contributed by atoms with Crippen molar-refractivity contribution >= 4 is 23.2 Å². The molecular formula is C29H33ClN6O5. The molecule has 1 amide bonds. The van der Waals surface area contributed by atoms with E-state index in [0.29, 0.717) is 42.4 Å². The summed E-state index contributed by atoms with van der Waals surface area (Å²) < 4.78 is 15.9. The van der Waals surface area contributed by atoms with Crippen LogP contribution in [0.4, 0.5) is 4.79 Å². The summed E-state index contributed by atoms with van der Waals surface area (Å²) in [6.07, 6.45) is 4.60. The van der Waals surface area contributed by atoms with Crippen molar-refractivity contribution in [3.05, 3.63) is 85.5 Å². The third-order valence-electron chi connectivity index (χ3n) is 6.96. The van der Waals surface area contributed by atoms with Crippen molar-refractivity contribution in [3.8, 4) is 11.3 Å². The average molecular weight is 581 g/mol. The number of nitrogens with zero attached hydrogens (tertiary/aromatic N) is 6. The summed E-state index contributed by atoms with van der Waals surface area (Å²) in [5.74, 6) is 0. The van der Waals surface area contributed by atoms with Crippen LogP contribution in [0.3, 0.4) is 0 Å². The van der Waals surface area contributed by atoms with Crippen LogP contribution in [0, 0.1) is 6.92 Å². The van der Waals surface area contributed by atoms with Crippen LogP contribution in [0.2, 0.25) is 5.02 Å². The van der Waals surface area contributed by atoms with Crippen molar-refractivity contribution in [2.75, 3.05) is 19.7 Å². The van der Waals surface area contributed by atoms with Gasteiger partial charge in [-0.15, -0.1) is 0 Å². The average Bonchev–Trinajstić information content (AvgIpc) is 3.32. The van der Waals surface area contributed by atoms with Crippen molar-refractivity contribution in [3.63, 3.8) is 0 Å². The lowest BCUT2D eigenvalue weighted by Crippen LogP contribution is -2.48. The third-order valence-corrected chi connectivity index (χ3v) is 7.18. The summed E-state index contributed by atoms with van der Waals surface area (Å²) in [5.41, 5.74) is 3.48. The molecule has 1 aliphatic heterocycles. The van der Waals surface area contributed by atoms with Gasteiger partial charge in [0, 0.05) is 49.1 Å². The van der Waals surface area contributed by atoms with E-state index < -0.39 is 11.3 Å². The minimum atomic E-state index is -0.583. The van der Waals surface area contributed by atoms with Crippen molar-refractivity contribution in [2.45, 2.75) is 52.4 Å². The second-order valence-electron chi connectivity index (χ2n) is 11.3. The molecule has 3 aromatic heterocycles. The molecule has 1 saturated heterocycles. The van der Waals surface area contributed by atoms with Gasteiger partial charge in [0.05, 0.1) is 37.0 Å². The van der Waals surface area contributed by atoms with Gasteiger partial charge in [-0.25, -0.2) is 19.1 Å². The summed E-state index contributed by atoms with van der Waals surface area (Å²) in [4.78, 5) is 44.0. The number of carbonyl (C=O) groups is 1. The Kier molecular flexibility index (Phi) is 7.76. The highest BCUT2D eigenvalue weighted by atomic mass is 35.5. The van der Waals surface area contributed by atoms with Crippen molar-refractivity contribution in [1.29, 1.82) is 0 Å². The lowest BCUT2D eigenvalue weighted by molar-refractivity contribution is -0.0415. The van der Waals surface area contributed by atoms with E-state index in [9.17, 15) is 14.4 Å². The number of halogens is 1. The Balaban J connectivity index is 1.49. The van der Waals surface area contributed by atoms with E-state index in [1.54, 1.807) is 22.7 Å². The fourth-order valence-corrected chi connectivity index (χ4v) is 5.31. The monoisotopic (exact) mass is 580 g/mol. The van der Waals surface area contributed by atoms with E-state index in [0.717, 1.165) is 22.3 Å². The molecule has 0 bridgehead atoms. The smallest absolute Gasteiger partial charge is 0.410 e. The zero-order chi connectivity index (χ0) is 29.5. The number of morpholine rings is 1. The van der Waals surface area contributed by atoms with Crippen LogP contribution < -0.4 is 11.2 Å². The maximum absolute atomic E-state index is 12.7. The second kappa shape index (κ2) is 11.1. The van der Waals surface area contributed by atoms with Crippen molar-refractivity contribution in [1.82, 2.24) is 28.6 Å². The predicted molar refractivity (Wildman–Crippen MR) is 154 cm³/mol. The molecule has 0 unspecified atom stereocenters. The van der Waals surface area contributed by atoms with Crippen LogP contribution in [0.25, 0.3) is 16.8 Å². The van der Waals surface area contributed by atoms with Gasteiger partial charge in [0.15, 0.2) is 0 Å². The lowest BCUT2D eigenvalue weighted by atomic mass is 9.93. The van der Waals surface area contributed by atoms with Gasteiger partial charge in [0.2, 0.25) is 0 Å². The van der Waals surface area contributed by atoms with Crippen molar-refractivity contribution in [2.24, 2.45) is 7.05 Å². The number of amides is 1. The van der Waals surface area contributed by atoms with Crippen LogP contribution >= 0.6 is 11.6 Å². The molecular weight excluding hydrogens is 548 g/mol. The minimum absolute atomic E-state index is 0.0903. The summed E-state index contributed by atoms with van der Waals surface area (Å²) in [5, 5.41) is 4.92. The van der Waals surface area contributed by atoms with Gasteiger partial charge < -0.3 is 18.9 Å². The van der Waals surface area contributed by atoms with Crippen LogP contribution in [-0.4, -0.2) is 66.1 Å². The zero-order valence-corrected chi connectivity index (χ0v) is 24.5.